The maximum Gasteiger partial charge on any atom is 0.128 e. The Bertz CT molecular complexity index is 1290. The molecular weight excluding hydrogens is 402 g/mol. The van der Waals surface area contributed by atoms with Crippen molar-refractivity contribution in [1.82, 2.24) is 14.8 Å². The van der Waals surface area contributed by atoms with E-state index in [2.05, 4.69) is 0 Å². The van der Waals surface area contributed by atoms with Crippen molar-refractivity contribution in [1.29, 1.82) is 0 Å². The van der Waals surface area contributed by atoms with Gasteiger partial charge in [-0.3, -0.25) is 0 Å². The maximum atomic E-state index is 6.15. The molecule has 29 heavy (non-hydrogen) atoms. The van der Waals surface area contributed by atoms with Gasteiger partial charge in [-0.15, -0.1) is 11.3 Å². The summed E-state index contributed by atoms with van der Waals surface area (Å²) in [7, 11) is 1.66. The lowest BCUT2D eigenvalue weighted by Crippen LogP contribution is -1.94. The molecule has 0 aliphatic heterocycles. The number of hydrogen-bond acceptors (Lipinski definition) is 4. The number of para-hydroxylation sites is 1. The van der Waals surface area contributed by atoms with Gasteiger partial charge < -0.3 is 4.74 Å². The molecule has 0 aliphatic carbocycles. The van der Waals surface area contributed by atoms with E-state index in [0.717, 1.165) is 43.5 Å². The van der Waals surface area contributed by atoms with E-state index in [1.807, 2.05) is 83.7 Å². The third-order valence-corrected chi connectivity index (χ3v) is 5.98. The standard InChI is InChI=1S/C23H16ClN3OS/c1-28-18-10-7-15(8-11-18)22-19(14-27(26-22)17-5-3-2-4-6-17)23-25-20-13-16(24)9-12-21(20)29-23/h2-14H,1H3. The summed E-state index contributed by atoms with van der Waals surface area (Å²) in [5, 5.41) is 6.48. The molecule has 2 aromatic heterocycles. The van der Waals surface area contributed by atoms with Crippen LogP contribution in [0.15, 0.2) is 79.0 Å². The number of fused-ring (bicyclic) bond motifs is 1. The van der Waals surface area contributed by atoms with Gasteiger partial charge in [0.1, 0.15) is 16.5 Å². The van der Waals surface area contributed by atoms with Crippen LogP contribution in [-0.2, 0) is 0 Å². The number of nitrogens with zero attached hydrogens (tertiary/aromatic N) is 3. The molecule has 0 saturated heterocycles. The van der Waals surface area contributed by atoms with Crippen LogP contribution in [0.2, 0.25) is 5.02 Å². The summed E-state index contributed by atoms with van der Waals surface area (Å²) in [6, 6.07) is 23.8. The number of benzene rings is 3. The largest absolute Gasteiger partial charge is 0.497 e. The van der Waals surface area contributed by atoms with E-state index in [0.29, 0.717) is 5.02 Å². The van der Waals surface area contributed by atoms with Gasteiger partial charge in [0.25, 0.3) is 0 Å². The molecule has 0 radical (unpaired) electrons. The molecule has 5 rings (SSSR count). The Hall–Kier alpha value is -3.15. The summed E-state index contributed by atoms with van der Waals surface area (Å²) in [5.41, 5.74) is 4.76. The van der Waals surface area contributed by atoms with Gasteiger partial charge in [-0.25, -0.2) is 9.67 Å². The van der Waals surface area contributed by atoms with E-state index in [9.17, 15) is 0 Å². The Morgan fingerprint density at radius 2 is 1.76 bits per heavy atom. The molecule has 0 spiro atoms. The molecule has 0 N–H and O–H groups in total. The Morgan fingerprint density at radius 1 is 0.966 bits per heavy atom. The second kappa shape index (κ2) is 7.35. The van der Waals surface area contributed by atoms with Gasteiger partial charge in [0.2, 0.25) is 0 Å². The molecule has 3 aromatic carbocycles. The van der Waals surface area contributed by atoms with Gasteiger partial charge in [0.15, 0.2) is 0 Å². The predicted molar refractivity (Wildman–Crippen MR) is 119 cm³/mol. The minimum atomic E-state index is 0.685. The Balaban J connectivity index is 1.70. The second-order valence-electron chi connectivity index (χ2n) is 6.53. The first-order valence-electron chi connectivity index (χ1n) is 9.07. The van der Waals surface area contributed by atoms with Crippen LogP contribution in [0.3, 0.4) is 0 Å². The number of hydrogen-bond donors (Lipinski definition) is 0. The van der Waals surface area contributed by atoms with Crippen LogP contribution in [0.1, 0.15) is 0 Å². The second-order valence-corrected chi connectivity index (χ2v) is 8.00. The van der Waals surface area contributed by atoms with Crippen molar-refractivity contribution in [2.24, 2.45) is 0 Å². The van der Waals surface area contributed by atoms with Crippen molar-refractivity contribution in [3.8, 4) is 33.3 Å². The number of ether oxygens (including phenoxy) is 1. The van der Waals surface area contributed by atoms with Gasteiger partial charge in [0, 0.05) is 16.8 Å². The molecule has 0 bridgehead atoms. The predicted octanol–water partition coefficient (Wildman–Crippen LogP) is 6.48. The summed E-state index contributed by atoms with van der Waals surface area (Å²) >= 11 is 7.79. The van der Waals surface area contributed by atoms with Crippen LogP contribution >= 0.6 is 22.9 Å². The zero-order valence-corrected chi connectivity index (χ0v) is 17.1. The SMILES string of the molecule is COc1ccc(-c2nn(-c3ccccc3)cc2-c2nc3cc(Cl)ccc3s2)cc1. The monoisotopic (exact) mass is 417 g/mol. The average Bonchev–Trinajstić information content (AvgIpc) is 3.38. The quantitative estimate of drug-likeness (QED) is 0.336. The summed E-state index contributed by atoms with van der Waals surface area (Å²) < 4.78 is 8.29. The number of rotatable bonds is 4. The molecule has 142 valence electrons. The fourth-order valence-electron chi connectivity index (χ4n) is 3.22. The summed E-state index contributed by atoms with van der Waals surface area (Å²) in [5.74, 6) is 0.812. The molecule has 4 nitrogen and oxygen atoms in total. The first kappa shape index (κ1) is 17.9. The smallest absolute Gasteiger partial charge is 0.128 e. The van der Waals surface area contributed by atoms with Crippen LogP contribution in [0.4, 0.5) is 0 Å². The van der Waals surface area contributed by atoms with Crippen molar-refractivity contribution in [3.05, 3.63) is 84.0 Å². The highest BCUT2D eigenvalue weighted by atomic mass is 35.5. The van der Waals surface area contributed by atoms with E-state index < -0.39 is 0 Å². The lowest BCUT2D eigenvalue weighted by molar-refractivity contribution is 0.415. The summed E-state index contributed by atoms with van der Waals surface area (Å²) in [6.07, 6.45) is 2.04. The van der Waals surface area contributed by atoms with E-state index in [-0.39, 0.29) is 0 Å². The molecule has 0 unspecified atom stereocenters. The van der Waals surface area contributed by atoms with Crippen LogP contribution in [0.25, 0.3) is 37.7 Å². The lowest BCUT2D eigenvalue weighted by atomic mass is 10.1. The minimum Gasteiger partial charge on any atom is -0.497 e. The highest BCUT2D eigenvalue weighted by Gasteiger charge is 2.18. The van der Waals surface area contributed by atoms with Crippen molar-refractivity contribution in [2.45, 2.75) is 0 Å². The van der Waals surface area contributed by atoms with Crippen LogP contribution < -0.4 is 4.74 Å². The van der Waals surface area contributed by atoms with Gasteiger partial charge >= 0.3 is 0 Å². The molecule has 0 atom stereocenters. The molecular formula is C23H16ClN3OS. The van der Waals surface area contributed by atoms with E-state index in [1.165, 1.54) is 0 Å². The van der Waals surface area contributed by atoms with Crippen LogP contribution in [0.5, 0.6) is 5.75 Å². The summed E-state index contributed by atoms with van der Waals surface area (Å²) in [4.78, 5) is 4.83. The molecule has 0 saturated carbocycles. The number of aromatic nitrogens is 3. The van der Waals surface area contributed by atoms with Crippen LogP contribution in [-0.4, -0.2) is 21.9 Å². The number of thiazole rings is 1. The van der Waals surface area contributed by atoms with E-state index in [4.69, 9.17) is 26.4 Å². The molecule has 0 fully saturated rings. The Morgan fingerprint density at radius 3 is 2.52 bits per heavy atom. The highest BCUT2D eigenvalue weighted by molar-refractivity contribution is 7.21. The van der Waals surface area contributed by atoms with Crippen molar-refractivity contribution in [3.63, 3.8) is 0 Å². The molecule has 0 amide bonds. The number of methoxy groups -OCH3 is 1. The Kier molecular flexibility index (Phi) is 4.54. The topological polar surface area (TPSA) is 39.9 Å². The normalized spacial score (nSPS) is 11.1. The van der Waals surface area contributed by atoms with E-state index >= 15 is 0 Å². The zero-order chi connectivity index (χ0) is 19.8. The van der Waals surface area contributed by atoms with E-state index in [1.54, 1.807) is 18.4 Å². The molecule has 5 aromatic rings. The van der Waals surface area contributed by atoms with Crippen LogP contribution in [0, 0.1) is 0 Å². The number of halogens is 1. The molecule has 2 heterocycles. The van der Waals surface area contributed by atoms with Gasteiger partial charge in [-0.1, -0.05) is 29.8 Å². The lowest BCUT2D eigenvalue weighted by Gasteiger charge is -2.03. The first-order chi connectivity index (χ1) is 14.2. The molecule has 6 heteroatoms. The fraction of sp³-hybridized carbons (Fsp3) is 0.0435. The average molecular weight is 418 g/mol. The third kappa shape index (κ3) is 3.39. The third-order valence-electron chi connectivity index (χ3n) is 4.68. The minimum absolute atomic E-state index is 0.685. The highest BCUT2D eigenvalue weighted by Crippen LogP contribution is 2.37. The summed E-state index contributed by atoms with van der Waals surface area (Å²) in [6.45, 7) is 0. The van der Waals surface area contributed by atoms with Crippen molar-refractivity contribution >= 4 is 33.2 Å². The van der Waals surface area contributed by atoms with Gasteiger partial charge in [0.05, 0.1) is 28.6 Å². The first-order valence-corrected chi connectivity index (χ1v) is 10.3. The van der Waals surface area contributed by atoms with Gasteiger partial charge in [-0.05, 0) is 54.6 Å². The van der Waals surface area contributed by atoms with Crippen molar-refractivity contribution in [2.75, 3.05) is 7.11 Å². The maximum absolute atomic E-state index is 6.15. The fourth-order valence-corrected chi connectivity index (χ4v) is 4.34. The Labute approximate surface area is 177 Å². The zero-order valence-electron chi connectivity index (χ0n) is 15.5. The van der Waals surface area contributed by atoms with Crippen molar-refractivity contribution < 1.29 is 4.74 Å². The molecule has 0 aliphatic rings. The van der Waals surface area contributed by atoms with Gasteiger partial charge in [-0.2, -0.15) is 5.10 Å².